The highest BCUT2D eigenvalue weighted by Gasteiger charge is 2.15. The Morgan fingerprint density at radius 3 is 2.76 bits per heavy atom. The number of amides is 1. The van der Waals surface area contributed by atoms with Crippen molar-refractivity contribution < 1.29 is 9.32 Å². The second kappa shape index (κ2) is 4.62. The fraction of sp³-hybridized carbons (Fsp3) is 0.400. The van der Waals surface area contributed by atoms with Crippen LogP contribution in [-0.4, -0.2) is 21.3 Å². The number of hydrogen-bond acceptors (Lipinski definition) is 6. The first-order valence-electron chi connectivity index (χ1n) is 5.14. The minimum atomic E-state index is -0.364. The fourth-order valence-corrected chi connectivity index (χ4v) is 1.89. The summed E-state index contributed by atoms with van der Waals surface area (Å²) in [4.78, 5) is 11.7. The second-order valence-electron chi connectivity index (χ2n) is 3.89. The van der Waals surface area contributed by atoms with Gasteiger partial charge in [-0.3, -0.25) is 10.1 Å². The van der Waals surface area contributed by atoms with Gasteiger partial charge < -0.3 is 4.52 Å². The number of nitrogens with one attached hydrogen (secondary N) is 1. The van der Waals surface area contributed by atoms with E-state index >= 15 is 0 Å². The lowest BCUT2D eigenvalue weighted by molar-refractivity contribution is 0.0988. The van der Waals surface area contributed by atoms with E-state index in [9.17, 15) is 4.79 Å². The van der Waals surface area contributed by atoms with Crippen molar-refractivity contribution >= 4 is 22.4 Å². The predicted octanol–water partition coefficient (Wildman–Crippen LogP) is 2.21. The number of rotatable bonds is 3. The third-order valence-electron chi connectivity index (χ3n) is 2.01. The average Bonchev–Trinajstić information content (AvgIpc) is 2.86. The zero-order chi connectivity index (χ0) is 12.4. The van der Waals surface area contributed by atoms with E-state index in [-0.39, 0.29) is 11.7 Å². The van der Waals surface area contributed by atoms with Crippen molar-refractivity contribution in [1.82, 2.24) is 15.4 Å². The third-order valence-corrected chi connectivity index (χ3v) is 3.15. The SMILES string of the molecule is Cc1cc(C(=O)Nc2nnc(C(C)C)s2)on1. The summed E-state index contributed by atoms with van der Waals surface area (Å²) < 4.78 is 4.85. The molecule has 7 heteroatoms. The molecule has 2 aromatic heterocycles. The molecule has 0 spiro atoms. The van der Waals surface area contributed by atoms with Crippen molar-refractivity contribution in [2.24, 2.45) is 0 Å². The highest BCUT2D eigenvalue weighted by Crippen LogP contribution is 2.22. The van der Waals surface area contributed by atoms with Crippen molar-refractivity contribution in [2.75, 3.05) is 5.32 Å². The molecule has 90 valence electrons. The van der Waals surface area contributed by atoms with Gasteiger partial charge in [0.25, 0.3) is 5.91 Å². The first kappa shape index (κ1) is 11.7. The van der Waals surface area contributed by atoms with Gasteiger partial charge in [-0.25, -0.2) is 0 Å². The van der Waals surface area contributed by atoms with Crippen LogP contribution in [0.25, 0.3) is 0 Å². The monoisotopic (exact) mass is 252 g/mol. The molecule has 0 saturated carbocycles. The third kappa shape index (κ3) is 2.68. The number of hydrogen-bond donors (Lipinski definition) is 1. The Hall–Kier alpha value is -1.76. The van der Waals surface area contributed by atoms with Gasteiger partial charge in [0.15, 0.2) is 0 Å². The lowest BCUT2D eigenvalue weighted by Crippen LogP contribution is -2.10. The van der Waals surface area contributed by atoms with Crippen LogP contribution in [0.4, 0.5) is 5.13 Å². The van der Waals surface area contributed by atoms with Crippen LogP contribution in [0, 0.1) is 6.92 Å². The summed E-state index contributed by atoms with van der Waals surface area (Å²) in [6.07, 6.45) is 0. The van der Waals surface area contributed by atoms with E-state index in [2.05, 4.69) is 20.7 Å². The van der Waals surface area contributed by atoms with Gasteiger partial charge in [-0.1, -0.05) is 30.3 Å². The molecule has 2 heterocycles. The van der Waals surface area contributed by atoms with Gasteiger partial charge in [0.1, 0.15) is 5.01 Å². The summed E-state index contributed by atoms with van der Waals surface area (Å²) in [6, 6.07) is 1.57. The van der Waals surface area contributed by atoms with Gasteiger partial charge in [-0.15, -0.1) is 10.2 Å². The Balaban J connectivity index is 2.07. The van der Waals surface area contributed by atoms with Crippen molar-refractivity contribution in [3.63, 3.8) is 0 Å². The van der Waals surface area contributed by atoms with Crippen LogP contribution in [0.1, 0.15) is 41.0 Å². The first-order chi connectivity index (χ1) is 8.06. The summed E-state index contributed by atoms with van der Waals surface area (Å²) in [5, 5.41) is 15.5. The van der Waals surface area contributed by atoms with Crippen molar-refractivity contribution in [3.8, 4) is 0 Å². The van der Waals surface area contributed by atoms with E-state index in [1.54, 1.807) is 13.0 Å². The van der Waals surface area contributed by atoms with E-state index in [0.29, 0.717) is 16.7 Å². The van der Waals surface area contributed by atoms with Crippen LogP contribution in [0.3, 0.4) is 0 Å². The molecule has 0 bridgehead atoms. The van der Waals surface area contributed by atoms with Gasteiger partial charge in [-0.05, 0) is 6.92 Å². The number of aromatic nitrogens is 3. The van der Waals surface area contributed by atoms with E-state index < -0.39 is 0 Å². The summed E-state index contributed by atoms with van der Waals surface area (Å²) in [6.45, 7) is 5.79. The van der Waals surface area contributed by atoms with Gasteiger partial charge in [0.05, 0.1) is 5.69 Å². The molecule has 6 nitrogen and oxygen atoms in total. The van der Waals surface area contributed by atoms with Crippen molar-refractivity contribution in [1.29, 1.82) is 0 Å². The molecule has 0 fully saturated rings. The van der Waals surface area contributed by atoms with Gasteiger partial charge in [0.2, 0.25) is 10.9 Å². The zero-order valence-electron chi connectivity index (χ0n) is 9.72. The minimum absolute atomic E-state index is 0.170. The topological polar surface area (TPSA) is 80.9 Å². The molecule has 2 aromatic rings. The van der Waals surface area contributed by atoms with E-state index in [4.69, 9.17) is 4.52 Å². The molecule has 17 heavy (non-hydrogen) atoms. The van der Waals surface area contributed by atoms with Crippen LogP contribution in [0.15, 0.2) is 10.6 Å². The Bertz CT molecular complexity index is 532. The molecule has 0 aliphatic carbocycles. The average molecular weight is 252 g/mol. The minimum Gasteiger partial charge on any atom is -0.351 e. The first-order valence-corrected chi connectivity index (χ1v) is 5.96. The lowest BCUT2D eigenvalue weighted by atomic mass is 10.2. The van der Waals surface area contributed by atoms with Crippen LogP contribution < -0.4 is 5.32 Å². The molecule has 0 aromatic carbocycles. The van der Waals surface area contributed by atoms with E-state index in [1.807, 2.05) is 13.8 Å². The highest BCUT2D eigenvalue weighted by molar-refractivity contribution is 7.15. The van der Waals surface area contributed by atoms with Gasteiger partial charge in [-0.2, -0.15) is 0 Å². The number of carbonyl (C=O) groups is 1. The van der Waals surface area contributed by atoms with Crippen LogP contribution in [-0.2, 0) is 0 Å². The molecule has 0 aliphatic heterocycles. The highest BCUT2D eigenvalue weighted by atomic mass is 32.1. The second-order valence-corrected chi connectivity index (χ2v) is 4.90. The Labute approximate surface area is 102 Å². The number of nitrogens with zero attached hydrogens (tertiary/aromatic N) is 3. The zero-order valence-corrected chi connectivity index (χ0v) is 10.5. The van der Waals surface area contributed by atoms with Gasteiger partial charge >= 0.3 is 0 Å². The fourth-order valence-electron chi connectivity index (χ4n) is 1.15. The smallest absolute Gasteiger partial charge is 0.296 e. The normalized spacial score (nSPS) is 10.8. The van der Waals surface area contributed by atoms with Crippen molar-refractivity contribution in [2.45, 2.75) is 26.7 Å². The van der Waals surface area contributed by atoms with Crippen LogP contribution >= 0.6 is 11.3 Å². The van der Waals surface area contributed by atoms with Crippen LogP contribution in [0.5, 0.6) is 0 Å². The van der Waals surface area contributed by atoms with Gasteiger partial charge in [0, 0.05) is 12.0 Å². The molecule has 1 N–H and O–H groups in total. The molecule has 0 aliphatic rings. The molecule has 1 amide bonds. The Morgan fingerprint density at radius 2 is 2.24 bits per heavy atom. The molecule has 2 rings (SSSR count). The molecule has 0 atom stereocenters. The molecule has 0 radical (unpaired) electrons. The number of carbonyl (C=O) groups excluding carboxylic acids is 1. The maximum Gasteiger partial charge on any atom is 0.296 e. The van der Waals surface area contributed by atoms with Crippen molar-refractivity contribution in [3.05, 3.63) is 22.5 Å². The maximum absolute atomic E-state index is 11.7. The summed E-state index contributed by atoms with van der Waals surface area (Å²) in [5.41, 5.74) is 0.662. The molecular formula is C10H12N4O2S. The largest absolute Gasteiger partial charge is 0.351 e. The number of aryl methyl sites for hydroxylation is 1. The Kier molecular flexibility index (Phi) is 3.19. The maximum atomic E-state index is 11.7. The summed E-state index contributed by atoms with van der Waals surface area (Å²) >= 11 is 1.35. The molecular weight excluding hydrogens is 240 g/mol. The standard InChI is InChI=1S/C10H12N4O2S/c1-5(2)9-12-13-10(17-9)11-8(15)7-4-6(3)14-16-7/h4-5H,1-3H3,(H,11,13,15). The predicted molar refractivity (Wildman–Crippen MR) is 63.2 cm³/mol. The molecule has 0 unspecified atom stereocenters. The van der Waals surface area contributed by atoms with Crippen LogP contribution in [0.2, 0.25) is 0 Å². The lowest BCUT2D eigenvalue weighted by Gasteiger charge is -1.96. The summed E-state index contributed by atoms with van der Waals surface area (Å²) in [7, 11) is 0. The summed E-state index contributed by atoms with van der Waals surface area (Å²) in [5.74, 6) is 0.103. The quantitative estimate of drug-likeness (QED) is 0.905. The van der Waals surface area contributed by atoms with E-state index in [0.717, 1.165) is 5.01 Å². The van der Waals surface area contributed by atoms with E-state index in [1.165, 1.54) is 11.3 Å². The Morgan fingerprint density at radius 1 is 1.47 bits per heavy atom. The molecule has 0 saturated heterocycles. The number of anilines is 1.